The van der Waals surface area contributed by atoms with E-state index in [4.69, 9.17) is 9.47 Å². The summed E-state index contributed by atoms with van der Waals surface area (Å²) >= 11 is 0. The van der Waals surface area contributed by atoms with Gasteiger partial charge in [0.25, 0.3) is 20.1 Å². The quantitative estimate of drug-likeness (QED) is 0.116. The maximum atomic E-state index is 15.3. The molecule has 0 bridgehead atoms. The molecule has 7 aliphatic rings. The molecule has 0 radical (unpaired) electrons. The minimum atomic E-state index is -0.398. The summed E-state index contributed by atoms with van der Waals surface area (Å²) in [5, 5.41) is 9.06. The summed E-state index contributed by atoms with van der Waals surface area (Å²) in [4.78, 5) is 27.9. The van der Waals surface area contributed by atoms with Crippen LogP contribution in [0.25, 0.3) is 43.1 Å². The third-order valence-corrected chi connectivity index (χ3v) is 22.5. The minimum absolute atomic E-state index is 0.133. The molecule has 0 saturated carbocycles. The Kier molecular flexibility index (Phi) is 11.2. The summed E-state index contributed by atoms with van der Waals surface area (Å²) in [6.07, 6.45) is 0. The lowest BCUT2D eigenvalue weighted by molar-refractivity contribution is 0.0472. The molecule has 0 N–H and O–H groups in total. The van der Waals surface area contributed by atoms with Gasteiger partial charge in [0, 0.05) is 84.7 Å². The van der Waals surface area contributed by atoms with Crippen LogP contribution in [-0.2, 0) is 11.3 Å². The zero-order valence-corrected chi connectivity index (χ0v) is 54.4. The van der Waals surface area contributed by atoms with Gasteiger partial charge in [0.15, 0.2) is 11.5 Å². The number of carbonyl (C=O) groups excluding carboxylic acids is 1. The zero-order chi connectivity index (χ0) is 65.9. The Bertz CT molecular complexity index is 6340. The Labute approximate surface area is 583 Å². The normalized spacial score (nSPS) is 13.9. The second kappa shape index (κ2) is 20.6. The first kappa shape index (κ1) is 55.1. The van der Waals surface area contributed by atoms with Gasteiger partial charge in [-0.3, -0.25) is 0 Å². The number of fused-ring (bicyclic) bond motifs is 16. The maximum Gasteiger partial charge on any atom is 0.338 e. The number of nitrogens with zero attached hydrogens (tertiary/aromatic N) is 5. The number of benzene rings is 16. The average molecular weight is 1290 g/mol. The Morgan fingerprint density at radius 1 is 0.287 bits per heavy atom. The third-order valence-electron chi connectivity index (χ3n) is 22.5. The highest BCUT2D eigenvalue weighted by molar-refractivity contribution is 7.06. The fraction of sp³-hybridized carbons (Fsp3) is 0.0111. The maximum absolute atomic E-state index is 15.3. The Morgan fingerprint density at radius 3 is 1.05 bits per heavy atom. The summed E-state index contributed by atoms with van der Waals surface area (Å²) in [7, 11) is 0. The fourth-order valence-electron chi connectivity index (χ4n) is 18.4. The highest BCUT2D eigenvalue weighted by Gasteiger charge is 2.56. The lowest BCUT2D eigenvalue weighted by atomic mass is 9.27. The molecule has 0 saturated heterocycles. The molecule has 7 heterocycles. The number of anilines is 15. The molecule has 0 aliphatic carbocycles. The van der Waals surface area contributed by atoms with Gasteiger partial charge >= 0.3 is 5.97 Å². The predicted octanol–water partition coefficient (Wildman–Crippen LogP) is 16.5. The molecule has 16 aromatic rings. The molecule has 11 heteroatoms. The lowest BCUT2D eigenvalue weighted by Crippen LogP contribution is -2.69. The van der Waals surface area contributed by atoms with Crippen molar-refractivity contribution < 1.29 is 14.3 Å². The molecule has 0 aromatic heterocycles. The molecule has 0 atom stereocenters. The van der Waals surface area contributed by atoms with Crippen molar-refractivity contribution in [3.63, 3.8) is 0 Å². The zero-order valence-electron chi connectivity index (χ0n) is 54.4. The van der Waals surface area contributed by atoms with Crippen LogP contribution in [0.2, 0.25) is 0 Å². The second-order valence-electron chi connectivity index (χ2n) is 27.7. The lowest BCUT2D eigenvalue weighted by Gasteiger charge is -2.53. The molecule has 101 heavy (non-hydrogen) atoms. The molecular formula is C90H54B3N5O3. The van der Waals surface area contributed by atoms with Crippen molar-refractivity contribution in [1.29, 1.82) is 0 Å². The third kappa shape index (κ3) is 7.58. The molecular weight excluding hydrogens is 1230 g/mol. The van der Waals surface area contributed by atoms with Gasteiger partial charge in [0.1, 0.15) is 6.61 Å². The van der Waals surface area contributed by atoms with Gasteiger partial charge in [-0.15, -0.1) is 0 Å². The van der Waals surface area contributed by atoms with Crippen LogP contribution in [0, 0.1) is 0 Å². The van der Waals surface area contributed by atoms with Crippen LogP contribution in [0.1, 0.15) is 15.9 Å². The van der Waals surface area contributed by atoms with E-state index >= 15 is 4.79 Å². The average Bonchev–Trinajstić information content (AvgIpc) is 0.653. The summed E-state index contributed by atoms with van der Waals surface area (Å²) in [6.45, 7) is -0.703. The van der Waals surface area contributed by atoms with E-state index in [0.717, 1.165) is 140 Å². The largest absolute Gasteiger partial charge is 0.457 e. The van der Waals surface area contributed by atoms with Crippen LogP contribution >= 0.6 is 0 Å². The Balaban J connectivity index is 0.870. The van der Waals surface area contributed by atoms with Crippen molar-refractivity contribution in [2.45, 2.75) is 6.61 Å². The van der Waals surface area contributed by atoms with Crippen LogP contribution in [-0.4, -0.2) is 26.1 Å². The number of hydrogen-bond donors (Lipinski definition) is 0. The topological polar surface area (TPSA) is 51.7 Å². The Hall–Kier alpha value is -13.0. The van der Waals surface area contributed by atoms with Gasteiger partial charge < -0.3 is 34.0 Å². The van der Waals surface area contributed by atoms with Crippen molar-refractivity contribution in [1.82, 2.24) is 0 Å². The number of para-hydroxylation sites is 4. The summed E-state index contributed by atoms with van der Waals surface area (Å²) in [5.74, 6) is 1.35. The standard InChI is InChI=1S/C90H54B3N5O3/c99-90(100-53-54-24-6-1-7-25-54)61-48-78-82-79(49-61)96(64-36-12-4-13-37-64)76-51-77-71(50-70(76)91(82)68-42-55-26-16-18-28-57(55)46-74(68)94(78)62-32-8-2-9-33-62)93-73-45-60-31-21-23-41-67(60)89-86(73)98-85-72(44-59-30-20-22-40-66(59)88(85)101-89)92-69-43-56-27-17-19-29-58(56)47-75(69)95(63-34-10-3-11-35-63)80-52-81(84(93)87(98)83(80)92)97(77)65-38-14-5-15-39-65/h1-52H,53H2. The summed E-state index contributed by atoms with van der Waals surface area (Å²) in [5.41, 5.74) is 28.0. The fourth-order valence-corrected chi connectivity index (χ4v) is 18.4. The summed E-state index contributed by atoms with van der Waals surface area (Å²) < 4.78 is 14.3. The number of carbonyl (C=O) groups is 1. The van der Waals surface area contributed by atoms with Gasteiger partial charge in [-0.1, -0.05) is 231 Å². The van der Waals surface area contributed by atoms with Crippen molar-refractivity contribution >= 4 is 204 Å². The van der Waals surface area contributed by atoms with Gasteiger partial charge in [0.05, 0.1) is 16.9 Å². The molecule has 16 aromatic carbocycles. The molecule has 0 spiro atoms. The van der Waals surface area contributed by atoms with Crippen LogP contribution in [0.4, 0.5) is 85.3 Å². The molecule has 466 valence electrons. The van der Waals surface area contributed by atoms with E-state index < -0.39 is 5.97 Å². The van der Waals surface area contributed by atoms with E-state index in [1.165, 1.54) is 54.7 Å². The predicted molar refractivity (Wildman–Crippen MR) is 419 cm³/mol. The van der Waals surface area contributed by atoms with Gasteiger partial charge in [0.2, 0.25) is 0 Å². The van der Waals surface area contributed by atoms with E-state index in [9.17, 15) is 0 Å². The van der Waals surface area contributed by atoms with E-state index in [2.05, 4.69) is 310 Å². The van der Waals surface area contributed by atoms with Gasteiger partial charge in [-0.25, -0.2) is 4.79 Å². The highest BCUT2D eigenvalue weighted by Crippen LogP contribution is 2.60. The van der Waals surface area contributed by atoms with E-state index in [1.807, 2.05) is 30.3 Å². The van der Waals surface area contributed by atoms with Gasteiger partial charge in [-0.05, 0) is 172 Å². The van der Waals surface area contributed by atoms with E-state index in [-0.39, 0.29) is 26.7 Å². The monoisotopic (exact) mass is 1290 g/mol. The van der Waals surface area contributed by atoms with Crippen molar-refractivity contribution in [3.8, 4) is 11.5 Å². The molecule has 23 rings (SSSR count). The van der Waals surface area contributed by atoms with Crippen molar-refractivity contribution in [3.05, 3.63) is 327 Å². The van der Waals surface area contributed by atoms with E-state index in [0.29, 0.717) is 5.56 Å². The smallest absolute Gasteiger partial charge is 0.338 e. The first-order valence-corrected chi connectivity index (χ1v) is 34.9. The second-order valence-corrected chi connectivity index (χ2v) is 27.7. The van der Waals surface area contributed by atoms with Crippen LogP contribution in [0.3, 0.4) is 0 Å². The first-order valence-electron chi connectivity index (χ1n) is 34.9. The first-order chi connectivity index (χ1) is 50.0. The van der Waals surface area contributed by atoms with Crippen molar-refractivity contribution in [2.75, 3.05) is 24.5 Å². The van der Waals surface area contributed by atoms with Crippen molar-refractivity contribution in [2.24, 2.45) is 0 Å². The van der Waals surface area contributed by atoms with Crippen LogP contribution < -0.4 is 78.4 Å². The molecule has 0 fully saturated rings. The van der Waals surface area contributed by atoms with Crippen LogP contribution in [0.15, 0.2) is 315 Å². The molecule has 0 amide bonds. The number of rotatable bonds is 7. The number of hydrogen-bond acceptors (Lipinski definition) is 8. The SMILES string of the molecule is O=C(OCc1ccccc1)c1cc2c3c(c1)N(c1ccccc1)c1cc4ccccc4cc1B3c1cc3c(cc1N2c1ccccc1)N(c1ccccc1)c1cc2c4c5c1B3c1cc3ccccc3c3c1N5c1c(cc5ccccc5c1O3)B4c1cc3ccccc3cc1N2c1ccccc1. The highest BCUT2D eigenvalue weighted by atomic mass is 16.5. The van der Waals surface area contributed by atoms with E-state index in [1.54, 1.807) is 0 Å². The number of ether oxygens (including phenoxy) is 2. The number of esters is 1. The van der Waals surface area contributed by atoms with Crippen LogP contribution in [0.5, 0.6) is 11.5 Å². The minimum Gasteiger partial charge on any atom is -0.457 e. The Morgan fingerprint density at radius 2 is 0.614 bits per heavy atom. The molecule has 8 nitrogen and oxygen atoms in total. The van der Waals surface area contributed by atoms with Gasteiger partial charge in [-0.2, -0.15) is 0 Å². The molecule has 0 unspecified atom stereocenters. The molecule has 7 aliphatic heterocycles. The summed E-state index contributed by atoms with van der Waals surface area (Å²) in [6, 6.07) is 115.